The van der Waals surface area contributed by atoms with Gasteiger partial charge in [0.1, 0.15) is 0 Å². The van der Waals surface area contributed by atoms with Gasteiger partial charge in [0, 0.05) is 6.54 Å². The van der Waals surface area contributed by atoms with Gasteiger partial charge in [0.2, 0.25) is 0 Å². The van der Waals surface area contributed by atoms with E-state index in [1.165, 1.54) is 0 Å². The zero-order valence-corrected chi connectivity index (χ0v) is 12.7. The lowest BCUT2D eigenvalue weighted by Crippen LogP contribution is -2.57. The Hall–Kier alpha value is -0.500. The average Bonchev–Trinajstić information content (AvgIpc) is 2.51. The predicted molar refractivity (Wildman–Crippen MR) is 79.8 cm³/mol. The Morgan fingerprint density at radius 1 is 1.19 bits per heavy atom. The van der Waals surface area contributed by atoms with E-state index in [1.807, 2.05) is 0 Å². The van der Waals surface area contributed by atoms with Gasteiger partial charge in [0.15, 0.2) is 0 Å². The summed E-state index contributed by atoms with van der Waals surface area (Å²) >= 11 is 0. The molecule has 0 fully saturated rings. The summed E-state index contributed by atoms with van der Waals surface area (Å²) in [4.78, 5) is 0. The molecule has 6 nitrogen and oxygen atoms in total. The maximum Gasteiger partial charge on any atom is 0.0897 e. The molecule has 0 heterocycles. The van der Waals surface area contributed by atoms with Crippen LogP contribution >= 0.6 is 0 Å². The van der Waals surface area contributed by atoms with E-state index in [2.05, 4.69) is 24.4 Å². The molecule has 3 unspecified atom stereocenters. The molecule has 1 rings (SSSR count). The van der Waals surface area contributed by atoms with E-state index in [0.29, 0.717) is 18.4 Å². The molecule has 0 aliphatic heterocycles. The zero-order chi connectivity index (χ0) is 15.7. The van der Waals surface area contributed by atoms with Crippen molar-refractivity contribution in [2.24, 2.45) is 11.8 Å². The van der Waals surface area contributed by atoms with Crippen LogP contribution in [0.5, 0.6) is 0 Å². The summed E-state index contributed by atoms with van der Waals surface area (Å²) in [7, 11) is 0. The van der Waals surface area contributed by atoms with Gasteiger partial charge < -0.3 is 30.5 Å². The van der Waals surface area contributed by atoms with Crippen molar-refractivity contribution in [3.05, 3.63) is 12.2 Å². The Morgan fingerprint density at radius 3 is 2.38 bits per heavy atom. The summed E-state index contributed by atoms with van der Waals surface area (Å²) in [6, 6.07) is 0. The monoisotopic (exact) mass is 303 g/mol. The number of β-amino-alcohol motifs (C(OH)–C–C–N with tert-alkyl or cyclic N) is 1. The van der Waals surface area contributed by atoms with Crippen molar-refractivity contribution in [1.82, 2.24) is 5.32 Å². The summed E-state index contributed by atoms with van der Waals surface area (Å²) in [5.74, 6) is 1.08. The Kier molecular flexibility index (Phi) is 8.39. The molecule has 0 aromatic rings. The molecular weight excluding hydrogens is 274 g/mol. The first kappa shape index (κ1) is 18.5. The Morgan fingerprint density at radius 2 is 1.81 bits per heavy atom. The molecule has 0 amide bonds. The molecule has 21 heavy (non-hydrogen) atoms. The van der Waals surface area contributed by atoms with Crippen LogP contribution in [-0.2, 0) is 4.74 Å². The molecule has 5 N–H and O–H groups in total. The van der Waals surface area contributed by atoms with Crippen LogP contribution in [0.3, 0.4) is 0 Å². The minimum Gasteiger partial charge on any atom is -0.394 e. The van der Waals surface area contributed by atoms with Crippen LogP contribution in [0.15, 0.2) is 12.2 Å². The topological polar surface area (TPSA) is 102 Å². The molecule has 1 aliphatic rings. The van der Waals surface area contributed by atoms with Crippen molar-refractivity contribution >= 4 is 0 Å². The highest BCUT2D eigenvalue weighted by molar-refractivity contribution is 4.93. The first-order valence-corrected chi connectivity index (χ1v) is 7.55. The number of aliphatic hydroxyl groups is 4. The molecule has 0 saturated carbocycles. The van der Waals surface area contributed by atoms with E-state index in [9.17, 15) is 5.11 Å². The number of aliphatic hydroxyl groups excluding tert-OH is 4. The number of rotatable bonds is 10. The Labute approximate surface area is 126 Å². The number of ether oxygens (including phenoxy) is 1. The second kappa shape index (κ2) is 9.50. The number of allylic oxidation sites excluding steroid dienone is 2. The van der Waals surface area contributed by atoms with Gasteiger partial charge in [-0.15, -0.1) is 0 Å². The van der Waals surface area contributed by atoms with Crippen LogP contribution in [0.1, 0.15) is 19.8 Å². The summed E-state index contributed by atoms with van der Waals surface area (Å²) in [5.41, 5.74) is -1.16. The minimum atomic E-state index is -1.16. The molecule has 1 aliphatic carbocycles. The van der Waals surface area contributed by atoms with Crippen molar-refractivity contribution in [1.29, 1.82) is 0 Å². The maximum atomic E-state index is 9.85. The third-order valence-electron chi connectivity index (χ3n) is 4.18. The van der Waals surface area contributed by atoms with Gasteiger partial charge in [-0.3, -0.25) is 0 Å². The zero-order valence-electron chi connectivity index (χ0n) is 12.7. The smallest absolute Gasteiger partial charge is 0.0897 e. The molecule has 0 spiro atoms. The molecule has 3 atom stereocenters. The molecule has 0 bridgehead atoms. The minimum absolute atomic E-state index is 0.141. The van der Waals surface area contributed by atoms with E-state index in [0.717, 1.165) is 12.8 Å². The molecule has 0 radical (unpaired) electrons. The van der Waals surface area contributed by atoms with Crippen molar-refractivity contribution in [2.75, 3.05) is 39.6 Å². The summed E-state index contributed by atoms with van der Waals surface area (Å²) in [6.45, 7) is 1.94. The van der Waals surface area contributed by atoms with Gasteiger partial charge in [-0.2, -0.15) is 0 Å². The summed E-state index contributed by atoms with van der Waals surface area (Å²) in [6.07, 6.45) is 5.70. The highest BCUT2D eigenvalue weighted by atomic mass is 16.5. The first-order valence-electron chi connectivity index (χ1n) is 7.55. The van der Waals surface area contributed by atoms with Crippen LogP contribution in [0.4, 0.5) is 0 Å². The molecule has 6 heteroatoms. The lowest BCUT2D eigenvalue weighted by atomic mass is 9.85. The SMILES string of the molecule is CC1CC=CCC1COCC(O)CNC(CO)(CO)CO. The summed E-state index contributed by atoms with van der Waals surface area (Å²) in [5, 5.41) is 40.1. The first-order chi connectivity index (χ1) is 10.1. The Balaban J connectivity index is 2.21. The van der Waals surface area contributed by atoms with E-state index < -0.39 is 31.5 Å². The van der Waals surface area contributed by atoms with Gasteiger partial charge in [-0.25, -0.2) is 0 Å². The largest absolute Gasteiger partial charge is 0.394 e. The maximum absolute atomic E-state index is 9.85. The fourth-order valence-corrected chi connectivity index (χ4v) is 2.31. The number of hydrogen-bond acceptors (Lipinski definition) is 6. The van der Waals surface area contributed by atoms with Gasteiger partial charge in [0.25, 0.3) is 0 Å². The number of hydrogen-bond donors (Lipinski definition) is 5. The predicted octanol–water partition coefficient (Wildman–Crippen LogP) is -0.728. The van der Waals surface area contributed by atoms with Crippen molar-refractivity contribution < 1.29 is 25.2 Å². The van der Waals surface area contributed by atoms with Crippen LogP contribution < -0.4 is 5.32 Å². The van der Waals surface area contributed by atoms with Gasteiger partial charge in [-0.05, 0) is 24.7 Å². The van der Waals surface area contributed by atoms with Gasteiger partial charge in [-0.1, -0.05) is 19.1 Å². The molecule has 0 aromatic carbocycles. The van der Waals surface area contributed by atoms with Gasteiger partial charge >= 0.3 is 0 Å². The van der Waals surface area contributed by atoms with Gasteiger partial charge in [0.05, 0.1) is 44.7 Å². The van der Waals surface area contributed by atoms with Crippen LogP contribution in [0.2, 0.25) is 0 Å². The quantitative estimate of drug-likeness (QED) is 0.341. The number of nitrogens with one attached hydrogen (secondary N) is 1. The second-order valence-corrected chi connectivity index (χ2v) is 6.01. The molecule has 0 saturated heterocycles. The molecule has 0 aromatic heterocycles. The van der Waals surface area contributed by atoms with E-state index >= 15 is 0 Å². The van der Waals surface area contributed by atoms with Crippen molar-refractivity contribution in [2.45, 2.75) is 31.4 Å². The third-order valence-corrected chi connectivity index (χ3v) is 4.18. The molecule has 124 valence electrons. The van der Waals surface area contributed by atoms with Crippen LogP contribution in [0.25, 0.3) is 0 Å². The highest BCUT2D eigenvalue weighted by Gasteiger charge is 2.28. The van der Waals surface area contributed by atoms with E-state index in [1.54, 1.807) is 0 Å². The van der Waals surface area contributed by atoms with Crippen LogP contribution in [0, 0.1) is 11.8 Å². The normalized spacial score (nSPS) is 24.2. The average molecular weight is 303 g/mol. The Bertz CT molecular complexity index is 298. The fourth-order valence-electron chi connectivity index (χ4n) is 2.31. The third kappa shape index (κ3) is 6.02. The van der Waals surface area contributed by atoms with Crippen molar-refractivity contribution in [3.63, 3.8) is 0 Å². The second-order valence-electron chi connectivity index (χ2n) is 6.01. The lowest BCUT2D eigenvalue weighted by Gasteiger charge is -2.30. The van der Waals surface area contributed by atoms with E-state index in [4.69, 9.17) is 20.1 Å². The van der Waals surface area contributed by atoms with Crippen molar-refractivity contribution in [3.8, 4) is 0 Å². The fraction of sp³-hybridized carbons (Fsp3) is 0.867. The molecular formula is C15H29NO5. The summed E-state index contributed by atoms with van der Waals surface area (Å²) < 4.78 is 5.56. The van der Waals surface area contributed by atoms with E-state index in [-0.39, 0.29) is 13.2 Å². The standard InChI is InChI=1S/C15H29NO5/c1-12-4-2-3-5-13(12)7-21-8-14(20)6-16-15(9-17,10-18)11-19/h2-3,12-14,16-20H,4-11H2,1H3. The van der Waals surface area contributed by atoms with Crippen LogP contribution in [-0.4, -0.2) is 71.6 Å². The lowest BCUT2D eigenvalue weighted by molar-refractivity contribution is -0.00381. The highest BCUT2D eigenvalue weighted by Crippen LogP contribution is 2.24.